The number of thioether (sulfide) groups is 1. The molecule has 26 heavy (non-hydrogen) atoms. The number of hydrogen-bond acceptors (Lipinski definition) is 4. The van der Waals surface area contributed by atoms with Crippen molar-refractivity contribution in [2.45, 2.75) is 32.6 Å². The highest BCUT2D eigenvalue weighted by Crippen LogP contribution is 2.17. The van der Waals surface area contributed by atoms with E-state index in [2.05, 4.69) is 12.2 Å². The van der Waals surface area contributed by atoms with Crippen LogP contribution in [0, 0.1) is 0 Å². The summed E-state index contributed by atoms with van der Waals surface area (Å²) in [6.07, 6.45) is 0.441. The second kappa shape index (κ2) is 11.7. The van der Waals surface area contributed by atoms with E-state index in [1.54, 1.807) is 0 Å². The van der Waals surface area contributed by atoms with Gasteiger partial charge in [-0.1, -0.05) is 61.5 Å². The Hall–Kier alpha value is -1.82. The van der Waals surface area contributed by atoms with Gasteiger partial charge in [0.25, 0.3) is 0 Å². The molecule has 0 fully saturated rings. The molecule has 0 spiro atoms. The molecule has 0 saturated heterocycles. The molecule has 0 aliphatic rings. The molecule has 2 aromatic carbocycles. The first-order chi connectivity index (χ1) is 12.7. The van der Waals surface area contributed by atoms with Gasteiger partial charge in [-0.2, -0.15) is 0 Å². The number of rotatable bonds is 11. The van der Waals surface area contributed by atoms with Gasteiger partial charge < -0.3 is 15.2 Å². The van der Waals surface area contributed by atoms with Gasteiger partial charge in [0.2, 0.25) is 5.91 Å². The van der Waals surface area contributed by atoms with Gasteiger partial charge >= 0.3 is 0 Å². The fraction of sp³-hybridized carbons (Fsp3) is 0.381. The van der Waals surface area contributed by atoms with Crippen molar-refractivity contribution in [1.29, 1.82) is 0 Å². The van der Waals surface area contributed by atoms with E-state index in [0.29, 0.717) is 24.7 Å². The lowest BCUT2D eigenvalue weighted by Crippen LogP contribution is -2.25. The van der Waals surface area contributed by atoms with E-state index in [1.165, 1.54) is 11.8 Å². The second-order valence-electron chi connectivity index (χ2n) is 6.04. The molecule has 0 saturated carbocycles. The Bertz CT molecular complexity index is 663. The van der Waals surface area contributed by atoms with E-state index in [4.69, 9.17) is 4.74 Å². The number of aliphatic hydroxyl groups is 1. The first-order valence-corrected chi connectivity index (χ1v) is 10.1. The number of aliphatic hydroxyl groups excluding tert-OH is 1. The Morgan fingerprint density at radius 2 is 1.81 bits per heavy atom. The van der Waals surface area contributed by atoms with Crippen LogP contribution in [0.5, 0.6) is 0 Å². The maximum Gasteiger partial charge on any atom is 0.230 e. The van der Waals surface area contributed by atoms with E-state index in [-0.39, 0.29) is 5.91 Å². The second-order valence-corrected chi connectivity index (χ2v) is 7.07. The third-order valence-electron chi connectivity index (χ3n) is 3.89. The summed E-state index contributed by atoms with van der Waals surface area (Å²) >= 11 is 1.43. The molecule has 4 nitrogen and oxygen atoms in total. The van der Waals surface area contributed by atoms with Gasteiger partial charge in [-0.15, -0.1) is 11.8 Å². The Balaban J connectivity index is 1.72. The van der Waals surface area contributed by atoms with Crippen LogP contribution in [-0.4, -0.2) is 29.1 Å². The lowest BCUT2D eigenvalue weighted by Gasteiger charge is -2.12. The summed E-state index contributed by atoms with van der Waals surface area (Å²) in [5, 5.41) is 13.1. The molecule has 0 radical (unpaired) electrons. The van der Waals surface area contributed by atoms with E-state index in [1.807, 2.05) is 54.6 Å². The minimum atomic E-state index is -0.551. The molecule has 1 unspecified atom stereocenters. The average molecular weight is 374 g/mol. The van der Waals surface area contributed by atoms with Crippen molar-refractivity contribution in [3.05, 3.63) is 71.3 Å². The maximum atomic E-state index is 12.1. The van der Waals surface area contributed by atoms with Crippen LogP contribution in [0.15, 0.2) is 54.6 Å². The maximum absolute atomic E-state index is 12.1. The quantitative estimate of drug-likeness (QED) is 0.590. The zero-order chi connectivity index (χ0) is 18.6. The molecule has 0 aliphatic heterocycles. The monoisotopic (exact) mass is 373 g/mol. The largest absolute Gasteiger partial charge is 0.388 e. The molecule has 2 rings (SSSR count). The highest BCUT2D eigenvalue weighted by atomic mass is 32.2. The fourth-order valence-corrected chi connectivity index (χ4v) is 3.30. The van der Waals surface area contributed by atoms with Crippen LogP contribution >= 0.6 is 11.8 Å². The number of ether oxygens (including phenoxy) is 1. The van der Waals surface area contributed by atoms with E-state index >= 15 is 0 Å². The highest BCUT2D eigenvalue weighted by molar-refractivity contribution is 7.99. The van der Waals surface area contributed by atoms with Crippen molar-refractivity contribution in [1.82, 2.24) is 5.32 Å². The van der Waals surface area contributed by atoms with Crippen molar-refractivity contribution in [2.75, 3.05) is 18.1 Å². The first kappa shape index (κ1) is 20.5. The molecule has 1 atom stereocenters. The van der Waals surface area contributed by atoms with Crippen LogP contribution in [0.25, 0.3) is 0 Å². The SMILES string of the molecule is CCCOCc1ccccc1CNC(=O)CSCC(O)c1ccccc1. The lowest BCUT2D eigenvalue weighted by molar-refractivity contribution is -0.118. The smallest absolute Gasteiger partial charge is 0.230 e. The van der Waals surface area contributed by atoms with Crippen LogP contribution in [0.1, 0.15) is 36.1 Å². The van der Waals surface area contributed by atoms with Crippen molar-refractivity contribution in [3.63, 3.8) is 0 Å². The van der Waals surface area contributed by atoms with Crippen molar-refractivity contribution >= 4 is 17.7 Å². The summed E-state index contributed by atoms with van der Waals surface area (Å²) in [4.78, 5) is 12.1. The Kier molecular flexibility index (Phi) is 9.24. The minimum absolute atomic E-state index is 0.0282. The summed E-state index contributed by atoms with van der Waals surface area (Å²) in [7, 11) is 0. The molecular formula is C21H27NO3S. The molecule has 0 aromatic heterocycles. The topological polar surface area (TPSA) is 58.6 Å². The molecule has 1 amide bonds. The first-order valence-electron chi connectivity index (χ1n) is 8.92. The average Bonchev–Trinajstić information content (AvgIpc) is 2.68. The van der Waals surface area contributed by atoms with Gasteiger partial charge in [-0.3, -0.25) is 4.79 Å². The van der Waals surface area contributed by atoms with E-state index < -0.39 is 6.10 Å². The number of carbonyl (C=O) groups is 1. The molecule has 0 bridgehead atoms. The molecule has 5 heteroatoms. The molecule has 0 heterocycles. The summed E-state index contributed by atoms with van der Waals surface area (Å²) in [5.41, 5.74) is 3.06. The zero-order valence-corrected chi connectivity index (χ0v) is 16.0. The van der Waals surface area contributed by atoms with Crippen molar-refractivity contribution in [2.24, 2.45) is 0 Å². The van der Waals surface area contributed by atoms with E-state index in [0.717, 1.165) is 29.7 Å². The third-order valence-corrected chi connectivity index (χ3v) is 4.91. The lowest BCUT2D eigenvalue weighted by atomic mass is 10.1. The Morgan fingerprint density at radius 1 is 1.12 bits per heavy atom. The number of benzene rings is 2. The molecule has 0 aliphatic carbocycles. The van der Waals surface area contributed by atoms with Gasteiger partial charge in [0, 0.05) is 18.9 Å². The number of nitrogens with one attached hydrogen (secondary N) is 1. The fourth-order valence-electron chi connectivity index (χ4n) is 2.48. The third kappa shape index (κ3) is 7.20. The van der Waals surface area contributed by atoms with Crippen LogP contribution in [0.4, 0.5) is 0 Å². The summed E-state index contributed by atoms with van der Waals surface area (Å²) in [6.45, 7) is 3.88. The Morgan fingerprint density at radius 3 is 2.54 bits per heavy atom. The van der Waals surface area contributed by atoms with Gasteiger partial charge in [-0.25, -0.2) is 0 Å². The summed E-state index contributed by atoms with van der Waals surface area (Å²) in [5.74, 6) is 0.802. The van der Waals surface area contributed by atoms with Crippen LogP contribution < -0.4 is 5.32 Å². The van der Waals surface area contributed by atoms with Crippen molar-refractivity contribution in [3.8, 4) is 0 Å². The van der Waals surface area contributed by atoms with Gasteiger partial charge in [0.15, 0.2) is 0 Å². The normalized spacial score (nSPS) is 11.9. The molecule has 2 aromatic rings. The van der Waals surface area contributed by atoms with Gasteiger partial charge in [-0.05, 0) is 23.1 Å². The van der Waals surface area contributed by atoms with Crippen LogP contribution in [0.2, 0.25) is 0 Å². The number of carbonyl (C=O) groups excluding carboxylic acids is 1. The van der Waals surface area contributed by atoms with E-state index in [9.17, 15) is 9.90 Å². The van der Waals surface area contributed by atoms with Gasteiger partial charge in [0.05, 0.1) is 18.5 Å². The molecular weight excluding hydrogens is 346 g/mol. The zero-order valence-electron chi connectivity index (χ0n) is 15.2. The highest BCUT2D eigenvalue weighted by Gasteiger charge is 2.09. The number of amides is 1. The molecule has 140 valence electrons. The number of hydrogen-bond donors (Lipinski definition) is 2. The summed E-state index contributed by atoms with van der Waals surface area (Å²) in [6, 6.07) is 17.5. The standard InChI is InChI=1S/C21H27NO3S/c1-2-12-25-14-19-11-7-6-10-18(19)13-22-21(24)16-26-15-20(23)17-8-4-3-5-9-17/h3-11,20,23H,2,12-16H2,1H3,(H,22,24). The Labute approximate surface area is 160 Å². The minimum Gasteiger partial charge on any atom is -0.388 e. The van der Waals surface area contributed by atoms with Crippen LogP contribution in [-0.2, 0) is 22.7 Å². The predicted octanol–water partition coefficient (Wildman–Crippen LogP) is 3.70. The van der Waals surface area contributed by atoms with Crippen molar-refractivity contribution < 1.29 is 14.6 Å². The predicted molar refractivity (Wildman–Crippen MR) is 107 cm³/mol. The van der Waals surface area contributed by atoms with Gasteiger partial charge in [0.1, 0.15) is 0 Å². The summed E-state index contributed by atoms with van der Waals surface area (Å²) < 4.78 is 5.61. The van der Waals surface area contributed by atoms with Crippen LogP contribution in [0.3, 0.4) is 0 Å². The molecule has 2 N–H and O–H groups in total.